The molecule has 196 valence electrons. The Bertz CT molecular complexity index is 1110. The molecule has 0 aliphatic carbocycles. The van der Waals surface area contributed by atoms with Crippen LogP contribution in [0, 0.1) is 0 Å². The summed E-state index contributed by atoms with van der Waals surface area (Å²) >= 11 is 0. The Balaban J connectivity index is 1.62. The zero-order valence-corrected chi connectivity index (χ0v) is 22.0. The standard InChI is InChI=1S/C27H37N3O5S/c1-3-4-11-24(23-10-6-7-12-25(23)30-17-8-5-9-18-30)28-26(31)19-21-13-15-22(16-14-21)35-20-27(32)29-36(2,33)34/h6-7,10,12-16,24H,3-5,8-9,11,17-20H2,1-2H3,(H,28,31)(H,29,32). The molecule has 2 N–H and O–H groups in total. The van der Waals surface area contributed by atoms with Gasteiger partial charge in [-0.05, 0) is 55.0 Å². The number of hydrogen-bond acceptors (Lipinski definition) is 6. The summed E-state index contributed by atoms with van der Waals surface area (Å²) in [6.07, 6.45) is 7.76. The predicted molar refractivity (Wildman–Crippen MR) is 142 cm³/mol. The molecule has 1 aliphatic heterocycles. The van der Waals surface area contributed by atoms with Crippen molar-refractivity contribution in [2.24, 2.45) is 0 Å². The van der Waals surface area contributed by atoms with Crippen molar-refractivity contribution in [3.05, 3.63) is 59.7 Å². The minimum absolute atomic E-state index is 0.0495. The first-order valence-corrected chi connectivity index (χ1v) is 14.5. The number of unbranched alkanes of at least 4 members (excludes halogenated alkanes) is 1. The van der Waals surface area contributed by atoms with E-state index in [-0.39, 0.29) is 18.4 Å². The fourth-order valence-electron chi connectivity index (χ4n) is 4.44. The molecule has 9 heteroatoms. The second-order valence-corrected chi connectivity index (χ2v) is 11.0. The molecule has 1 heterocycles. The Labute approximate surface area is 214 Å². The van der Waals surface area contributed by atoms with E-state index < -0.39 is 22.5 Å². The van der Waals surface area contributed by atoms with Gasteiger partial charge in [-0.3, -0.25) is 14.3 Å². The average molecular weight is 516 g/mol. The number of hydrogen-bond donors (Lipinski definition) is 2. The van der Waals surface area contributed by atoms with Gasteiger partial charge in [0.2, 0.25) is 15.9 Å². The van der Waals surface area contributed by atoms with Crippen molar-refractivity contribution in [1.29, 1.82) is 0 Å². The molecule has 0 saturated carbocycles. The maximum atomic E-state index is 13.0. The number of nitrogens with zero attached hydrogens (tertiary/aromatic N) is 1. The van der Waals surface area contributed by atoms with E-state index >= 15 is 0 Å². The maximum Gasteiger partial charge on any atom is 0.271 e. The topological polar surface area (TPSA) is 105 Å². The van der Waals surface area contributed by atoms with Gasteiger partial charge in [-0.15, -0.1) is 0 Å². The summed E-state index contributed by atoms with van der Waals surface area (Å²) in [6.45, 7) is 3.85. The van der Waals surface area contributed by atoms with Crippen molar-refractivity contribution in [2.75, 3.05) is 30.9 Å². The molecule has 0 spiro atoms. The molecule has 3 rings (SSSR count). The molecule has 1 atom stereocenters. The number of carbonyl (C=O) groups excluding carboxylic acids is 2. The van der Waals surface area contributed by atoms with E-state index in [0.717, 1.165) is 44.2 Å². The molecule has 8 nitrogen and oxygen atoms in total. The van der Waals surface area contributed by atoms with Crippen LogP contribution in [0.4, 0.5) is 5.69 Å². The van der Waals surface area contributed by atoms with Crippen LogP contribution in [-0.2, 0) is 26.0 Å². The SMILES string of the molecule is CCCCC(NC(=O)Cc1ccc(OCC(=O)NS(C)(=O)=O)cc1)c1ccccc1N1CCCCC1. The van der Waals surface area contributed by atoms with Crippen LogP contribution in [0.15, 0.2) is 48.5 Å². The van der Waals surface area contributed by atoms with Gasteiger partial charge >= 0.3 is 0 Å². The van der Waals surface area contributed by atoms with Crippen molar-refractivity contribution in [3.63, 3.8) is 0 Å². The van der Waals surface area contributed by atoms with Crippen LogP contribution in [0.2, 0.25) is 0 Å². The number of amides is 2. The van der Waals surface area contributed by atoms with E-state index in [2.05, 4.69) is 35.3 Å². The molecule has 2 aromatic carbocycles. The normalized spacial score (nSPS) is 14.7. The van der Waals surface area contributed by atoms with Crippen LogP contribution in [0.3, 0.4) is 0 Å². The molecule has 2 amide bonds. The quantitative estimate of drug-likeness (QED) is 0.446. The van der Waals surface area contributed by atoms with Crippen molar-refractivity contribution < 1.29 is 22.7 Å². The van der Waals surface area contributed by atoms with Gasteiger partial charge in [0.25, 0.3) is 5.91 Å². The second kappa shape index (κ2) is 13.3. The Morgan fingerprint density at radius 3 is 2.36 bits per heavy atom. The molecule has 0 radical (unpaired) electrons. The molecular formula is C27H37N3O5S. The molecule has 0 bridgehead atoms. The predicted octanol–water partition coefficient (Wildman–Crippen LogP) is 3.72. The number of ether oxygens (including phenoxy) is 1. The zero-order chi connectivity index (χ0) is 26.0. The smallest absolute Gasteiger partial charge is 0.271 e. The summed E-state index contributed by atoms with van der Waals surface area (Å²) in [4.78, 5) is 27.1. The Hall–Kier alpha value is -3.07. The summed E-state index contributed by atoms with van der Waals surface area (Å²) in [5, 5.41) is 3.27. The van der Waals surface area contributed by atoms with Crippen molar-refractivity contribution in [2.45, 2.75) is 57.9 Å². The summed E-state index contributed by atoms with van der Waals surface area (Å²) in [7, 11) is -3.62. The second-order valence-electron chi connectivity index (χ2n) is 9.28. The number of anilines is 1. The van der Waals surface area contributed by atoms with Gasteiger partial charge in [0.15, 0.2) is 6.61 Å². The lowest BCUT2D eigenvalue weighted by molar-refractivity contribution is -0.122. The first kappa shape index (κ1) is 27.5. The highest BCUT2D eigenvalue weighted by molar-refractivity contribution is 7.89. The largest absolute Gasteiger partial charge is 0.484 e. The molecule has 1 fully saturated rings. The van der Waals surface area contributed by atoms with Gasteiger partial charge < -0.3 is 15.0 Å². The number of benzene rings is 2. The Morgan fingerprint density at radius 2 is 1.69 bits per heavy atom. The van der Waals surface area contributed by atoms with E-state index in [1.807, 2.05) is 10.8 Å². The lowest BCUT2D eigenvalue weighted by Gasteiger charge is -2.33. The Kier molecular flexibility index (Phi) is 10.2. The van der Waals surface area contributed by atoms with Gasteiger partial charge in [-0.2, -0.15) is 0 Å². The van der Waals surface area contributed by atoms with Crippen molar-refractivity contribution in [3.8, 4) is 5.75 Å². The average Bonchev–Trinajstić information content (AvgIpc) is 2.85. The van der Waals surface area contributed by atoms with Crippen molar-refractivity contribution in [1.82, 2.24) is 10.0 Å². The van der Waals surface area contributed by atoms with E-state index in [0.29, 0.717) is 5.75 Å². The van der Waals surface area contributed by atoms with Crippen LogP contribution in [-0.4, -0.2) is 46.2 Å². The van der Waals surface area contributed by atoms with Crippen LogP contribution in [0.25, 0.3) is 0 Å². The van der Waals surface area contributed by atoms with Gasteiger partial charge in [0, 0.05) is 18.8 Å². The van der Waals surface area contributed by atoms with Gasteiger partial charge in [0.1, 0.15) is 5.75 Å². The molecule has 0 aromatic heterocycles. The third kappa shape index (κ3) is 8.86. The number of carbonyl (C=O) groups is 2. The molecule has 1 aliphatic rings. The highest BCUT2D eigenvalue weighted by Crippen LogP contribution is 2.31. The first-order valence-electron chi connectivity index (χ1n) is 12.6. The van der Waals surface area contributed by atoms with Crippen LogP contribution >= 0.6 is 0 Å². The van der Waals surface area contributed by atoms with Gasteiger partial charge in [-0.25, -0.2) is 8.42 Å². The fraction of sp³-hybridized carbons (Fsp3) is 0.481. The molecule has 2 aromatic rings. The molecule has 36 heavy (non-hydrogen) atoms. The fourth-order valence-corrected chi connectivity index (χ4v) is 4.91. The monoisotopic (exact) mass is 515 g/mol. The number of nitrogens with one attached hydrogen (secondary N) is 2. The maximum absolute atomic E-state index is 13.0. The summed E-state index contributed by atoms with van der Waals surface area (Å²) in [6, 6.07) is 15.2. The first-order chi connectivity index (χ1) is 17.2. The van der Waals surface area contributed by atoms with E-state index in [1.165, 1.54) is 30.5 Å². The third-order valence-electron chi connectivity index (χ3n) is 6.15. The summed E-state index contributed by atoms with van der Waals surface area (Å²) in [5.41, 5.74) is 3.22. The highest BCUT2D eigenvalue weighted by Gasteiger charge is 2.21. The minimum Gasteiger partial charge on any atom is -0.484 e. The van der Waals surface area contributed by atoms with Crippen LogP contribution in [0.1, 0.15) is 62.6 Å². The lowest BCUT2D eigenvalue weighted by Crippen LogP contribution is -2.34. The third-order valence-corrected chi connectivity index (χ3v) is 6.75. The lowest BCUT2D eigenvalue weighted by atomic mass is 9.97. The van der Waals surface area contributed by atoms with E-state index in [1.54, 1.807) is 24.3 Å². The number of rotatable bonds is 12. The zero-order valence-electron chi connectivity index (χ0n) is 21.2. The summed E-state index contributed by atoms with van der Waals surface area (Å²) < 4.78 is 29.4. The number of para-hydroxylation sites is 1. The summed E-state index contributed by atoms with van der Waals surface area (Å²) in [5.74, 6) is -0.381. The van der Waals surface area contributed by atoms with Gasteiger partial charge in [0.05, 0.1) is 18.7 Å². The molecular weight excluding hydrogens is 478 g/mol. The highest BCUT2D eigenvalue weighted by atomic mass is 32.2. The molecule has 1 unspecified atom stereocenters. The van der Waals surface area contributed by atoms with Crippen LogP contribution < -0.4 is 19.7 Å². The number of sulfonamides is 1. The Morgan fingerprint density at radius 1 is 1.00 bits per heavy atom. The van der Waals surface area contributed by atoms with Crippen molar-refractivity contribution >= 4 is 27.5 Å². The minimum atomic E-state index is -3.62. The van der Waals surface area contributed by atoms with Gasteiger partial charge in [-0.1, -0.05) is 50.1 Å². The van der Waals surface area contributed by atoms with Crippen LogP contribution in [0.5, 0.6) is 5.75 Å². The number of piperidine rings is 1. The van der Waals surface area contributed by atoms with E-state index in [9.17, 15) is 18.0 Å². The molecule has 1 saturated heterocycles. The van der Waals surface area contributed by atoms with E-state index in [4.69, 9.17) is 4.74 Å².